The summed E-state index contributed by atoms with van der Waals surface area (Å²) in [4.78, 5) is 22.1. The molecule has 0 saturated heterocycles. The summed E-state index contributed by atoms with van der Waals surface area (Å²) < 4.78 is 5.39. The molecule has 0 aromatic carbocycles. The molecule has 3 rings (SSSR count). The summed E-state index contributed by atoms with van der Waals surface area (Å²) >= 11 is 0. The molecule has 0 amide bonds. The fourth-order valence-electron chi connectivity index (χ4n) is 5.36. The number of pyridine rings is 1. The largest absolute Gasteiger partial charge is 0.462 e. The number of aromatic nitrogens is 1. The van der Waals surface area contributed by atoms with Gasteiger partial charge in [-0.25, -0.2) is 4.79 Å². The Morgan fingerprint density at radius 2 is 2.09 bits per heavy atom. The molecule has 1 aromatic rings. The Morgan fingerprint density at radius 1 is 1.29 bits per heavy atom. The second-order valence-electron chi connectivity index (χ2n) is 9.57. The van der Waals surface area contributed by atoms with Crippen LogP contribution in [0.3, 0.4) is 0 Å². The Morgan fingerprint density at radius 3 is 2.79 bits per heavy atom. The van der Waals surface area contributed by atoms with Gasteiger partial charge in [-0.2, -0.15) is 5.26 Å². The van der Waals surface area contributed by atoms with Crippen LogP contribution in [0.15, 0.2) is 23.3 Å². The maximum Gasteiger partial charge on any atom is 0.340 e. The minimum Gasteiger partial charge on any atom is -0.462 e. The van der Waals surface area contributed by atoms with E-state index in [9.17, 15) is 10.1 Å². The predicted molar refractivity (Wildman–Crippen MR) is 139 cm³/mol. The molecular weight excluding hydrogens is 422 g/mol. The Labute approximate surface area is 205 Å². The van der Waals surface area contributed by atoms with Gasteiger partial charge in [0.05, 0.1) is 18.2 Å². The first-order valence-corrected chi connectivity index (χ1v) is 13.0. The van der Waals surface area contributed by atoms with Crippen LogP contribution in [-0.2, 0) is 4.74 Å². The number of carbonyl (C=O) groups is 1. The third-order valence-corrected chi connectivity index (χ3v) is 7.14. The lowest BCUT2D eigenvalue weighted by Gasteiger charge is -2.25. The van der Waals surface area contributed by atoms with Crippen molar-refractivity contribution in [2.45, 2.75) is 78.6 Å². The van der Waals surface area contributed by atoms with Crippen LogP contribution in [0.1, 0.15) is 98.8 Å². The van der Waals surface area contributed by atoms with Crippen LogP contribution in [0, 0.1) is 36.0 Å². The van der Waals surface area contributed by atoms with Crippen LogP contribution in [0.25, 0.3) is 11.6 Å². The van der Waals surface area contributed by atoms with Crippen molar-refractivity contribution < 1.29 is 9.53 Å². The number of aryl methyl sites for hydroxylation is 1. The van der Waals surface area contributed by atoms with E-state index in [4.69, 9.17) is 4.74 Å². The van der Waals surface area contributed by atoms with Crippen LogP contribution in [0.5, 0.6) is 0 Å². The maximum absolute atomic E-state index is 12.9. The zero-order valence-corrected chi connectivity index (χ0v) is 21.1. The van der Waals surface area contributed by atoms with Crippen LogP contribution < -0.4 is 0 Å². The third kappa shape index (κ3) is 6.65. The number of aliphatic imine (C=N–C) groups is 1. The van der Waals surface area contributed by atoms with E-state index in [1.54, 1.807) is 6.20 Å². The second-order valence-corrected chi connectivity index (χ2v) is 9.57. The lowest BCUT2D eigenvalue weighted by molar-refractivity contribution is 0.0525. The summed E-state index contributed by atoms with van der Waals surface area (Å²) in [5.41, 5.74) is 4.17. The first-order chi connectivity index (χ1) is 16.6. The molecule has 34 heavy (non-hydrogen) atoms. The molecule has 0 radical (unpaired) electrons. The highest BCUT2D eigenvalue weighted by Gasteiger charge is 2.28. The summed E-state index contributed by atoms with van der Waals surface area (Å²) in [7, 11) is 0. The Bertz CT molecular complexity index is 964. The lowest BCUT2D eigenvalue weighted by atomic mass is 9.79. The molecule has 2 atom stereocenters. The van der Waals surface area contributed by atoms with Gasteiger partial charge >= 0.3 is 5.97 Å². The minimum absolute atomic E-state index is 0.320. The molecule has 1 aromatic heterocycles. The Kier molecular flexibility index (Phi) is 10.1. The van der Waals surface area contributed by atoms with Crippen molar-refractivity contribution in [1.82, 2.24) is 4.98 Å². The van der Waals surface area contributed by atoms with Crippen LogP contribution >= 0.6 is 0 Å². The van der Waals surface area contributed by atoms with Crippen molar-refractivity contribution >= 4 is 23.8 Å². The standard InChI is InChI=1S/C29H39N3O2/c1-4-6-7-12-26-21(3)32-20-27(29(33)34-5-2)28(26)25-18-22(14-16-31-19-25)17-24(13-15-30)23-10-8-9-11-23/h7,12,18-20,22-24H,4-6,8-11,13-14,16-17H2,1-3H3/b12-7-. The average Bonchev–Trinajstić information content (AvgIpc) is 3.27. The van der Waals surface area contributed by atoms with Crippen LogP contribution in [-0.4, -0.2) is 30.3 Å². The van der Waals surface area contributed by atoms with E-state index in [0.717, 1.165) is 54.6 Å². The molecule has 1 aliphatic heterocycles. The van der Waals surface area contributed by atoms with Gasteiger partial charge in [-0.15, -0.1) is 0 Å². The summed E-state index contributed by atoms with van der Waals surface area (Å²) in [5, 5.41) is 9.47. The van der Waals surface area contributed by atoms with Crippen molar-refractivity contribution in [3.63, 3.8) is 0 Å². The van der Waals surface area contributed by atoms with Gasteiger partial charge in [-0.3, -0.25) is 9.98 Å². The highest BCUT2D eigenvalue weighted by Crippen LogP contribution is 2.38. The molecular formula is C29H39N3O2. The van der Waals surface area contributed by atoms with Crippen molar-refractivity contribution in [2.24, 2.45) is 22.7 Å². The molecule has 1 fully saturated rings. The number of rotatable bonds is 10. The smallest absolute Gasteiger partial charge is 0.340 e. The summed E-state index contributed by atoms with van der Waals surface area (Å²) in [6, 6.07) is 2.45. The zero-order chi connectivity index (χ0) is 24.3. The number of hydrogen-bond donors (Lipinski definition) is 0. The van der Waals surface area contributed by atoms with Crippen LogP contribution in [0.4, 0.5) is 0 Å². The van der Waals surface area contributed by atoms with E-state index in [1.807, 2.05) is 20.1 Å². The molecule has 0 N–H and O–H groups in total. The predicted octanol–water partition coefficient (Wildman–Crippen LogP) is 6.96. The summed E-state index contributed by atoms with van der Waals surface area (Å²) in [5.74, 6) is 1.07. The van der Waals surface area contributed by atoms with Gasteiger partial charge in [-0.05, 0) is 56.4 Å². The van der Waals surface area contributed by atoms with Crippen molar-refractivity contribution in [3.05, 3.63) is 40.7 Å². The number of carbonyl (C=O) groups excluding carboxylic acids is 1. The fourth-order valence-corrected chi connectivity index (χ4v) is 5.36. The molecule has 2 unspecified atom stereocenters. The number of nitriles is 1. The molecule has 182 valence electrons. The first kappa shape index (κ1) is 25.9. The number of ether oxygens (including phenoxy) is 1. The van der Waals surface area contributed by atoms with Gasteiger partial charge < -0.3 is 4.74 Å². The van der Waals surface area contributed by atoms with Gasteiger partial charge in [-0.1, -0.05) is 57.3 Å². The lowest BCUT2D eigenvalue weighted by Crippen LogP contribution is -2.16. The molecule has 5 nitrogen and oxygen atoms in total. The van der Waals surface area contributed by atoms with E-state index >= 15 is 0 Å². The molecule has 1 aliphatic carbocycles. The van der Waals surface area contributed by atoms with E-state index in [-0.39, 0.29) is 5.97 Å². The van der Waals surface area contributed by atoms with Gasteiger partial charge in [0.1, 0.15) is 0 Å². The maximum atomic E-state index is 12.9. The topological polar surface area (TPSA) is 75.3 Å². The van der Waals surface area contributed by atoms with Gasteiger partial charge in [0.25, 0.3) is 0 Å². The van der Waals surface area contributed by atoms with E-state index < -0.39 is 0 Å². The normalized spacial score (nSPS) is 19.6. The van der Waals surface area contributed by atoms with Crippen LogP contribution in [0.2, 0.25) is 0 Å². The number of esters is 1. The summed E-state index contributed by atoms with van der Waals surface area (Å²) in [6.07, 6.45) is 19.8. The minimum atomic E-state index is -0.349. The highest BCUT2D eigenvalue weighted by atomic mass is 16.5. The van der Waals surface area contributed by atoms with Crippen molar-refractivity contribution in [3.8, 4) is 6.07 Å². The van der Waals surface area contributed by atoms with Gasteiger partial charge in [0.2, 0.25) is 0 Å². The number of unbranched alkanes of at least 4 members (excludes halogenated alkanes) is 1. The Hall–Kier alpha value is -2.74. The Balaban J connectivity index is 2.03. The third-order valence-electron chi connectivity index (χ3n) is 7.14. The quantitative estimate of drug-likeness (QED) is 0.353. The van der Waals surface area contributed by atoms with Gasteiger partial charge in [0.15, 0.2) is 0 Å². The van der Waals surface area contributed by atoms with Crippen molar-refractivity contribution in [2.75, 3.05) is 13.2 Å². The monoisotopic (exact) mass is 461 g/mol. The average molecular weight is 462 g/mol. The zero-order valence-electron chi connectivity index (χ0n) is 21.1. The number of allylic oxidation sites excluding steroid dienone is 3. The van der Waals surface area contributed by atoms with E-state index in [0.29, 0.717) is 36.3 Å². The number of nitrogens with zero attached hydrogens (tertiary/aromatic N) is 3. The molecule has 5 heteroatoms. The molecule has 2 aliphatic rings. The molecule has 0 bridgehead atoms. The second kappa shape index (κ2) is 13.2. The van der Waals surface area contributed by atoms with E-state index in [2.05, 4.69) is 41.2 Å². The summed E-state index contributed by atoms with van der Waals surface area (Å²) in [6.45, 7) is 7.04. The van der Waals surface area contributed by atoms with Crippen molar-refractivity contribution in [1.29, 1.82) is 5.26 Å². The highest BCUT2D eigenvalue weighted by molar-refractivity contribution is 6.15. The fraction of sp³-hybridized carbons (Fsp3) is 0.586. The van der Waals surface area contributed by atoms with E-state index in [1.165, 1.54) is 25.7 Å². The SMILES string of the molecule is CCC/C=C\c1c(C)ncc(C(=O)OCC)c1C1=CC(CC(CC#N)C2CCCC2)CCN=C1. The number of hydrogen-bond acceptors (Lipinski definition) is 5. The molecule has 1 saturated carbocycles. The molecule has 2 heterocycles. The first-order valence-electron chi connectivity index (χ1n) is 13.0. The van der Waals surface area contributed by atoms with Gasteiger partial charge in [0, 0.05) is 42.2 Å². The molecule has 0 spiro atoms.